The maximum Gasteiger partial charge on any atom is 0.260 e. The second-order valence-corrected chi connectivity index (χ2v) is 8.42. The Kier molecular flexibility index (Phi) is 7.46. The van der Waals surface area contributed by atoms with E-state index < -0.39 is 22.5 Å². The number of aryl methyl sites for hydroxylation is 1. The van der Waals surface area contributed by atoms with Crippen LogP contribution in [0.25, 0.3) is 0 Å². The van der Waals surface area contributed by atoms with Crippen LogP contribution < -0.4 is 19.2 Å². The summed E-state index contributed by atoms with van der Waals surface area (Å²) in [5.41, 5.74) is 3.90. The summed E-state index contributed by atoms with van der Waals surface area (Å²) in [4.78, 5) is 12.3. The number of rotatable bonds is 8. The minimum Gasteiger partial charge on any atom is -0.493 e. The topological polar surface area (TPSA) is 97.3 Å². The number of carbonyl (C=O) groups excluding carboxylic acids is 1. The molecule has 1 N–H and O–H groups in total. The summed E-state index contributed by atoms with van der Waals surface area (Å²) in [6, 6.07) is 9.95. The number of para-hydroxylation sites is 1. The number of nitrogens with zero attached hydrogens (tertiary/aromatic N) is 2. The van der Waals surface area contributed by atoms with Crippen LogP contribution in [0.15, 0.2) is 41.5 Å². The summed E-state index contributed by atoms with van der Waals surface area (Å²) in [6.45, 7) is 1.28. The molecule has 10 heteroatoms. The molecule has 0 saturated heterocycles. The Morgan fingerprint density at radius 2 is 1.97 bits per heavy atom. The highest BCUT2D eigenvalue weighted by atomic mass is 35.5. The van der Waals surface area contributed by atoms with Gasteiger partial charge in [0.25, 0.3) is 5.91 Å². The minimum atomic E-state index is -3.70. The first kappa shape index (κ1) is 22.5. The first-order valence-corrected chi connectivity index (χ1v) is 10.7. The number of methoxy groups -OCH3 is 2. The summed E-state index contributed by atoms with van der Waals surface area (Å²) in [7, 11) is -0.699. The van der Waals surface area contributed by atoms with E-state index in [2.05, 4.69) is 10.5 Å². The van der Waals surface area contributed by atoms with Crippen molar-refractivity contribution >= 4 is 39.4 Å². The highest BCUT2D eigenvalue weighted by Crippen LogP contribution is 2.29. The van der Waals surface area contributed by atoms with Gasteiger partial charge in [-0.05, 0) is 42.8 Å². The number of hydrogen-bond acceptors (Lipinski definition) is 6. The molecule has 0 aliphatic rings. The fourth-order valence-electron chi connectivity index (χ4n) is 2.63. The molecule has 0 spiro atoms. The number of amides is 1. The first-order valence-electron chi connectivity index (χ1n) is 8.44. The number of halogens is 1. The summed E-state index contributed by atoms with van der Waals surface area (Å²) in [5, 5.41) is 4.36. The lowest BCUT2D eigenvalue weighted by Crippen LogP contribution is -2.39. The van der Waals surface area contributed by atoms with E-state index in [-0.39, 0.29) is 0 Å². The second-order valence-electron chi connectivity index (χ2n) is 6.08. The van der Waals surface area contributed by atoms with Crippen LogP contribution in [-0.2, 0) is 14.8 Å². The third-order valence-corrected chi connectivity index (χ3v) is 5.30. The molecular weight excluding hydrogens is 418 g/mol. The summed E-state index contributed by atoms with van der Waals surface area (Å²) >= 11 is 5.93. The quantitative estimate of drug-likeness (QED) is 0.503. The highest BCUT2D eigenvalue weighted by Gasteiger charge is 2.22. The molecular formula is C19H22ClN3O5S. The van der Waals surface area contributed by atoms with E-state index in [0.717, 1.165) is 10.6 Å². The van der Waals surface area contributed by atoms with Crippen LogP contribution in [0.5, 0.6) is 11.5 Å². The highest BCUT2D eigenvalue weighted by molar-refractivity contribution is 7.92. The molecule has 0 heterocycles. The van der Waals surface area contributed by atoms with Gasteiger partial charge in [-0.25, -0.2) is 13.8 Å². The minimum absolute atomic E-state index is 0.366. The van der Waals surface area contributed by atoms with Crippen LogP contribution in [0.4, 0.5) is 5.69 Å². The number of carbonyl (C=O) groups is 1. The fourth-order valence-corrected chi connectivity index (χ4v) is 3.77. The van der Waals surface area contributed by atoms with Crippen LogP contribution in [0, 0.1) is 6.92 Å². The van der Waals surface area contributed by atoms with E-state index in [1.165, 1.54) is 20.4 Å². The number of ether oxygens (including phenoxy) is 2. The molecule has 0 aromatic heterocycles. The van der Waals surface area contributed by atoms with Crippen molar-refractivity contribution in [1.29, 1.82) is 0 Å². The van der Waals surface area contributed by atoms with Crippen LogP contribution in [0.3, 0.4) is 0 Å². The zero-order valence-corrected chi connectivity index (χ0v) is 18.0. The SMILES string of the molecule is COc1cccc(/C=N\NC(=O)CN(c2ccc(Cl)cc2C)S(C)(=O)=O)c1OC. The molecule has 0 aliphatic heterocycles. The van der Waals surface area contributed by atoms with Gasteiger partial charge in [0, 0.05) is 10.6 Å². The van der Waals surface area contributed by atoms with Gasteiger partial charge in [-0.1, -0.05) is 17.7 Å². The molecule has 29 heavy (non-hydrogen) atoms. The van der Waals surface area contributed by atoms with Gasteiger partial charge in [-0.3, -0.25) is 9.10 Å². The average Bonchev–Trinajstić information content (AvgIpc) is 2.65. The Hall–Kier alpha value is -2.78. The lowest BCUT2D eigenvalue weighted by atomic mass is 10.2. The lowest BCUT2D eigenvalue weighted by Gasteiger charge is -2.23. The Balaban J connectivity index is 2.17. The van der Waals surface area contributed by atoms with Crippen LogP contribution in [0.1, 0.15) is 11.1 Å². The number of hydrazone groups is 1. The molecule has 2 aromatic carbocycles. The van der Waals surface area contributed by atoms with E-state index >= 15 is 0 Å². The van der Waals surface area contributed by atoms with Gasteiger partial charge in [-0.2, -0.15) is 5.10 Å². The zero-order chi connectivity index (χ0) is 21.6. The predicted octanol–water partition coefficient (Wildman–Crippen LogP) is 2.58. The van der Waals surface area contributed by atoms with Crippen LogP contribution in [0.2, 0.25) is 5.02 Å². The molecule has 2 aromatic rings. The third-order valence-electron chi connectivity index (χ3n) is 3.94. The van der Waals surface area contributed by atoms with E-state index in [1.54, 1.807) is 43.3 Å². The van der Waals surface area contributed by atoms with E-state index in [4.69, 9.17) is 21.1 Å². The number of sulfonamides is 1. The lowest BCUT2D eigenvalue weighted by molar-refractivity contribution is -0.119. The molecule has 156 valence electrons. The van der Waals surface area contributed by atoms with Gasteiger partial charge in [-0.15, -0.1) is 0 Å². The van der Waals surface area contributed by atoms with E-state index in [0.29, 0.717) is 33.3 Å². The van der Waals surface area contributed by atoms with Gasteiger partial charge in [0.15, 0.2) is 11.5 Å². The van der Waals surface area contributed by atoms with Gasteiger partial charge in [0.2, 0.25) is 10.0 Å². The Morgan fingerprint density at radius 3 is 2.55 bits per heavy atom. The zero-order valence-electron chi connectivity index (χ0n) is 16.5. The summed E-state index contributed by atoms with van der Waals surface area (Å²) in [6.07, 6.45) is 2.41. The van der Waals surface area contributed by atoms with Gasteiger partial charge < -0.3 is 9.47 Å². The number of anilines is 1. The first-order chi connectivity index (χ1) is 13.7. The smallest absolute Gasteiger partial charge is 0.260 e. The molecule has 2 rings (SSSR count). The monoisotopic (exact) mass is 439 g/mol. The maximum atomic E-state index is 12.3. The Bertz CT molecular complexity index is 1020. The predicted molar refractivity (Wildman–Crippen MR) is 114 cm³/mol. The van der Waals surface area contributed by atoms with Crippen molar-refractivity contribution < 1.29 is 22.7 Å². The summed E-state index contributed by atoms with van der Waals surface area (Å²) < 4.78 is 35.9. The van der Waals surface area contributed by atoms with E-state index in [1.807, 2.05) is 0 Å². The van der Waals surface area contributed by atoms with Gasteiger partial charge in [0.05, 0.1) is 32.4 Å². The Labute approximate surface area is 175 Å². The largest absolute Gasteiger partial charge is 0.493 e. The van der Waals surface area contributed by atoms with Gasteiger partial charge in [0.1, 0.15) is 6.54 Å². The van der Waals surface area contributed by atoms with Gasteiger partial charge >= 0.3 is 0 Å². The molecule has 0 aliphatic carbocycles. The van der Waals surface area contributed by atoms with Crippen LogP contribution >= 0.6 is 11.6 Å². The van der Waals surface area contributed by atoms with Crippen molar-refractivity contribution in [2.45, 2.75) is 6.92 Å². The number of hydrogen-bond donors (Lipinski definition) is 1. The molecule has 1 amide bonds. The standard InChI is InChI=1S/C19H22ClN3O5S/c1-13-10-15(20)8-9-16(13)23(29(4,25)26)12-18(24)22-21-11-14-6-5-7-17(27-2)19(14)28-3/h5-11H,12H2,1-4H3,(H,22,24)/b21-11-. The fraction of sp³-hybridized carbons (Fsp3) is 0.263. The Morgan fingerprint density at radius 1 is 1.24 bits per heavy atom. The van der Waals surface area contributed by atoms with E-state index in [9.17, 15) is 13.2 Å². The maximum absolute atomic E-state index is 12.3. The molecule has 0 unspecified atom stereocenters. The average molecular weight is 440 g/mol. The summed E-state index contributed by atoms with van der Waals surface area (Å²) in [5.74, 6) is 0.370. The van der Waals surface area contributed by atoms with Crippen molar-refractivity contribution in [3.8, 4) is 11.5 Å². The van der Waals surface area contributed by atoms with Crippen molar-refractivity contribution in [1.82, 2.24) is 5.43 Å². The molecule has 0 bridgehead atoms. The number of nitrogens with one attached hydrogen (secondary N) is 1. The van der Waals surface area contributed by atoms with Crippen molar-refractivity contribution in [3.05, 3.63) is 52.5 Å². The molecule has 0 radical (unpaired) electrons. The molecule has 8 nitrogen and oxygen atoms in total. The normalized spacial score (nSPS) is 11.3. The van der Waals surface area contributed by atoms with Crippen molar-refractivity contribution in [2.24, 2.45) is 5.10 Å². The molecule has 0 fully saturated rings. The van der Waals surface area contributed by atoms with Crippen LogP contribution in [-0.4, -0.2) is 47.6 Å². The van der Waals surface area contributed by atoms with Crippen molar-refractivity contribution in [3.63, 3.8) is 0 Å². The molecule has 0 atom stereocenters. The third kappa shape index (κ3) is 5.85. The van der Waals surface area contributed by atoms with Crippen molar-refractivity contribution in [2.75, 3.05) is 31.3 Å². The number of benzene rings is 2. The molecule has 0 saturated carbocycles. The second kappa shape index (κ2) is 9.62.